The van der Waals surface area contributed by atoms with Crippen LogP contribution in [-0.2, 0) is 12.7 Å². The van der Waals surface area contributed by atoms with Crippen molar-refractivity contribution in [2.24, 2.45) is 0 Å². The Balaban J connectivity index is 1.74. The fourth-order valence-electron chi connectivity index (χ4n) is 3.35. The average molecular weight is 398 g/mol. The van der Waals surface area contributed by atoms with Gasteiger partial charge in [0.05, 0.1) is 16.5 Å². The summed E-state index contributed by atoms with van der Waals surface area (Å²) in [7, 11) is 0. The van der Waals surface area contributed by atoms with Gasteiger partial charge in [-0.3, -0.25) is 9.36 Å². The number of allylic oxidation sites excluding steroid dienone is 1. The number of nitrogens with zero attached hydrogens (tertiary/aromatic N) is 2. The van der Waals surface area contributed by atoms with Crippen LogP contribution in [0.3, 0.4) is 0 Å². The molecule has 1 aliphatic rings. The van der Waals surface area contributed by atoms with Gasteiger partial charge in [0.15, 0.2) is 0 Å². The molecule has 0 aliphatic carbocycles. The number of alkyl halides is 3. The molecule has 1 aliphatic heterocycles. The number of fused-ring (bicyclic) bond motifs is 2. The molecule has 2 aromatic carbocycles. The topological polar surface area (TPSA) is 44.1 Å². The van der Waals surface area contributed by atoms with Crippen LogP contribution in [0.15, 0.2) is 59.9 Å². The molecule has 0 amide bonds. The molecule has 0 atom stereocenters. The van der Waals surface area contributed by atoms with E-state index in [1.807, 2.05) is 30.3 Å². The lowest BCUT2D eigenvalue weighted by atomic mass is 10.1. The second kappa shape index (κ2) is 7.24. The molecule has 0 spiro atoms. The molecule has 0 saturated carbocycles. The minimum absolute atomic E-state index is 0.0528. The maximum Gasteiger partial charge on any atom is 0.416 e. The molecular weight excluding hydrogens is 381 g/mol. The lowest BCUT2D eigenvalue weighted by Crippen LogP contribution is -2.21. The van der Waals surface area contributed by atoms with E-state index in [4.69, 9.17) is 4.74 Å². The first-order valence-electron chi connectivity index (χ1n) is 9.03. The first-order valence-corrected chi connectivity index (χ1v) is 9.03. The van der Waals surface area contributed by atoms with Gasteiger partial charge in [0.25, 0.3) is 5.56 Å². The van der Waals surface area contributed by atoms with Crippen LogP contribution in [0.2, 0.25) is 0 Å². The Kier molecular flexibility index (Phi) is 4.74. The molecule has 3 aromatic rings. The summed E-state index contributed by atoms with van der Waals surface area (Å²) in [5.74, 6) is 1.12. The second-order valence-electron chi connectivity index (χ2n) is 6.71. The number of rotatable bonds is 4. The molecule has 7 heteroatoms. The average Bonchev–Trinajstić information content (AvgIpc) is 3.09. The number of benzene rings is 2. The maximum absolute atomic E-state index is 13.0. The van der Waals surface area contributed by atoms with Crippen LogP contribution < -0.4 is 10.3 Å². The summed E-state index contributed by atoms with van der Waals surface area (Å²) in [5, 5.41) is 0.187. The molecule has 0 saturated heterocycles. The van der Waals surface area contributed by atoms with E-state index in [0.29, 0.717) is 31.1 Å². The third kappa shape index (κ3) is 3.68. The van der Waals surface area contributed by atoms with E-state index in [1.165, 1.54) is 10.6 Å². The SMILES string of the molecule is C=CCOc1ccc(/C=C2\CCn3c2nc2cc(C(F)(F)F)ccc2c3=O)cc1. The van der Waals surface area contributed by atoms with Crippen molar-refractivity contribution >= 4 is 22.6 Å². The highest BCUT2D eigenvalue weighted by Gasteiger charge is 2.31. The van der Waals surface area contributed by atoms with Crippen molar-refractivity contribution in [3.05, 3.63) is 82.4 Å². The molecular formula is C22H17F3N2O2. The molecule has 0 N–H and O–H groups in total. The van der Waals surface area contributed by atoms with Gasteiger partial charge in [-0.15, -0.1) is 0 Å². The fraction of sp³-hybridized carbons (Fsp3) is 0.182. The Morgan fingerprint density at radius 2 is 1.93 bits per heavy atom. The van der Waals surface area contributed by atoms with Crippen LogP contribution >= 0.6 is 0 Å². The second-order valence-corrected chi connectivity index (χ2v) is 6.71. The van der Waals surface area contributed by atoms with Crippen molar-refractivity contribution in [1.82, 2.24) is 9.55 Å². The van der Waals surface area contributed by atoms with E-state index >= 15 is 0 Å². The Bertz CT molecular complexity index is 1180. The first-order chi connectivity index (χ1) is 13.9. The first kappa shape index (κ1) is 19.0. The zero-order valence-corrected chi connectivity index (χ0v) is 15.4. The standard InChI is InChI=1S/C22H17F3N2O2/c1-2-11-29-17-6-3-14(4-7-17)12-15-9-10-27-20(15)26-19-13-16(22(23,24)25)5-8-18(19)21(27)28/h2-8,12-13H,1,9-11H2/b15-12+. The highest BCUT2D eigenvalue weighted by Crippen LogP contribution is 2.32. The number of aromatic nitrogens is 2. The maximum atomic E-state index is 13.0. The third-order valence-electron chi connectivity index (χ3n) is 4.76. The summed E-state index contributed by atoms with van der Waals surface area (Å²) >= 11 is 0. The van der Waals surface area contributed by atoms with Crippen LogP contribution in [-0.4, -0.2) is 16.2 Å². The van der Waals surface area contributed by atoms with Gasteiger partial charge in [0.1, 0.15) is 18.2 Å². The van der Waals surface area contributed by atoms with Crippen molar-refractivity contribution in [2.75, 3.05) is 6.61 Å². The van der Waals surface area contributed by atoms with Gasteiger partial charge in [-0.2, -0.15) is 13.2 Å². The monoisotopic (exact) mass is 398 g/mol. The summed E-state index contributed by atoms with van der Waals surface area (Å²) in [6, 6.07) is 10.4. The highest BCUT2D eigenvalue weighted by molar-refractivity contribution is 5.85. The Hall–Kier alpha value is -3.35. The zero-order valence-electron chi connectivity index (χ0n) is 15.4. The molecule has 0 radical (unpaired) electrons. The molecule has 0 fully saturated rings. The Morgan fingerprint density at radius 3 is 2.62 bits per heavy atom. The van der Waals surface area contributed by atoms with Gasteiger partial charge in [-0.05, 0) is 54.0 Å². The summed E-state index contributed by atoms with van der Waals surface area (Å²) < 4.78 is 46.0. The Labute approximate surface area is 164 Å². The van der Waals surface area contributed by atoms with Gasteiger partial charge < -0.3 is 4.74 Å². The number of hydrogen-bond donors (Lipinski definition) is 0. The minimum Gasteiger partial charge on any atom is -0.490 e. The number of ether oxygens (including phenoxy) is 1. The molecule has 0 unspecified atom stereocenters. The summed E-state index contributed by atoms with van der Waals surface area (Å²) in [5.41, 5.74) is 0.604. The molecule has 0 bridgehead atoms. The normalized spacial score (nSPS) is 14.9. The van der Waals surface area contributed by atoms with E-state index in [1.54, 1.807) is 6.08 Å². The summed E-state index contributed by atoms with van der Waals surface area (Å²) in [6.07, 6.45) is -0.357. The van der Waals surface area contributed by atoms with Crippen LogP contribution in [0.5, 0.6) is 5.75 Å². The molecule has 29 heavy (non-hydrogen) atoms. The van der Waals surface area contributed by atoms with E-state index in [2.05, 4.69) is 11.6 Å². The highest BCUT2D eigenvalue weighted by atomic mass is 19.4. The fourth-order valence-corrected chi connectivity index (χ4v) is 3.35. The van der Waals surface area contributed by atoms with Gasteiger partial charge in [-0.25, -0.2) is 4.98 Å². The predicted molar refractivity (Wildman–Crippen MR) is 106 cm³/mol. The van der Waals surface area contributed by atoms with Gasteiger partial charge in [-0.1, -0.05) is 24.8 Å². The molecule has 148 valence electrons. The minimum atomic E-state index is -4.49. The molecule has 2 heterocycles. The van der Waals surface area contributed by atoms with E-state index in [-0.39, 0.29) is 16.5 Å². The van der Waals surface area contributed by atoms with Gasteiger partial charge >= 0.3 is 6.18 Å². The van der Waals surface area contributed by atoms with E-state index < -0.39 is 11.7 Å². The van der Waals surface area contributed by atoms with Crippen molar-refractivity contribution in [1.29, 1.82) is 0 Å². The summed E-state index contributed by atoms with van der Waals surface area (Å²) in [6.45, 7) is 4.46. The van der Waals surface area contributed by atoms with Crippen LogP contribution in [0, 0.1) is 0 Å². The van der Waals surface area contributed by atoms with Gasteiger partial charge in [0, 0.05) is 6.54 Å². The molecule has 4 rings (SSSR count). The van der Waals surface area contributed by atoms with Crippen molar-refractivity contribution in [3.8, 4) is 5.75 Å². The van der Waals surface area contributed by atoms with E-state index in [9.17, 15) is 18.0 Å². The molecule has 1 aromatic heterocycles. The number of hydrogen-bond acceptors (Lipinski definition) is 3. The lowest BCUT2D eigenvalue weighted by molar-refractivity contribution is -0.137. The van der Waals surface area contributed by atoms with Crippen molar-refractivity contribution in [3.63, 3.8) is 0 Å². The van der Waals surface area contributed by atoms with Crippen LogP contribution in [0.4, 0.5) is 13.2 Å². The van der Waals surface area contributed by atoms with E-state index in [0.717, 1.165) is 23.3 Å². The van der Waals surface area contributed by atoms with Crippen LogP contribution in [0.25, 0.3) is 22.6 Å². The summed E-state index contributed by atoms with van der Waals surface area (Å²) in [4.78, 5) is 17.1. The van der Waals surface area contributed by atoms with Crippen molar-refractivity contribution < 1.29 is 17.9 Å². The van der Waals surface area contributed by atoms with Gasteiger partial charge in [0.2, 0.25) is 0 Å². The van der Waals surface area contributed by atoms with Crippen molar-refractivity contribution in [2.45, 2.75) is 19.1 Å². The largest absolute Gasteiger partial charge is 0.490 e. The quantitative estimate of drug-likeness (QED) is 0.586. The molecule has 4 nitrogen and oxygen atoms in total. The predicted octanol–water partition coefficient (Wildman–Crippen LogP) is 4.92. The Morgan fingerprint density at radius 1 is 1.17 bits per heavy atom. The number of halogens is 3. The smallest absolute Gasteiger partial charge is 0.416 e. The lowest BCUT2D eigenvalue weighted by Gasteiger charge is -2.09. The zero-order chi connectivity index (χ0) is 20.6. The van der Waals surface area contributed by atoms with Crippen LogP contribution in [0.1, 0.15) is 23.4 Å². The third-order valence-corrected chi connectivity index (χ3v) is 4.76.